The van der Waals surface area contributed by atoms with Gasteiger partial charge in [-0.15, -0.1) is 0 Å². The lowest BCUT2D eigenvalue weighted by atomic mass is 10.2. The Balaban J connectivity index is 2.58. The third-order valence-corrected chi connectivity index (χ3v) is 3.01. The summed E-state index contributed by atoms with van der Waals surface area (Å²) in [4.78, 5) is 14.2. The minimum atomic E-state index is -0.370. The van der Waals surface area contributed by atoms with Gasteiger partial charge >= 0.3 is 5.97 Å². The Kier molecular flexibility index (Phi) is 6.87. The summed E-state index contributed by atoms with van der Waals surface area (Å²) in [7, 11) is 0. The number of carbonyl (C=O) groups is 1. The first-order valence-electron chi connectivity index (χ1n) is 7.03. The second-order valence-electron chi connectivity index (χ2n) is 4.39. The number of nitrogen functional groups attached to an aromatic ring is 1. The fraction of sp³-hybridized carbons (Fsp3) is 0.533. The van der Waals surface area contributed by atoms with Gasteiger partial charge in [0.2, 0.25) is 0 Å². The van der Waals surface area contributed by atoms with Crippen molar-refractivity contribution in [2.24, 2.45) is 0 Å². The van der Waals surface area contributed by atoms with Crippen LogP contribution in [-0.2, 0) is 4.74 Å². The predicted molar refractivity (Wildman–Crippen MR) is 80.1 cm³/mol. The minimum Gasteiger partial charge on any atom is -0.494 e. The maximum absolute atomic E-state index is 12.0. The second kappa shape index (κ2) is 8.43. The van der Waals surface area contributed by atoms with Crippen LogP contribution in [0.15, 0.2) is 18.2 Å². The number of anilines is 1. The van der Waals surface area contributed by atoms with Crippen LogP contribution in [0.1, 0.15) is 31.1 Å². The van der Waals surface area contributed by atoms with Gasteiger partial charge in [0.25, 0.3) is 0 Å². The Hall–Kier alpha value is -1.75. The van der Waals surface area contributed by atoms with Crippen molar-refractivity contribution < 1.29 is 14.3 Å². The van der Waals surface area contributed by atoms with Crippen LogP contribution in [0.4, 0.5) is 5.69 Å². The lowest BCUT2D eigenvalue weighted by molar-refractivity contribution is 0.0466. The topological polar surface area (TPSA) is 64.8 Å². The van der Waals surface area contributed by atoms with Crippen molar-refractivity contribution in [2.45, 2.75) is 20.8 Å². The third-order valence-electron chi connectivity index (χ3n) is 3.01. The molecule has 0 spiro atoms. The molecule has 0 saturated carbocycles. The number of nitrogens with two attached hydrogens (primary N) is 1. The largest absolute Gasteiger partial charge is 0.494 e. The summed E-state index contributed by atoms with van der Waals surface area (Å²) in [5.74, 6) is 0.216. The zero-order chi connectivity index (χ0) is 15.0. The molecule has 1 aromatic rings. The number of nitrogens with zero attached hydrogens (tertiary/aromatic N) is 1. The average molecular weight is 280 g/mol. The number of hydrogen-bond donors (Lipinski definition) is 1. The lowest BCUT2D eigenvalue weighted by Gasteiger charge is -2.17. The first kappa shape index (κ1) is 16.3. The Bertz CT molecular complexity index is 431. The van der Waals surface area contributed by atoms with Gasteiger partial charge in [-0.2, -0.15) is 0 Å². The van der Waals surface area contributed by atoms with Crippen LogP contribution in [0.5, 0.6) is 5.75 Å². The normalized spacial score (nSPS) is 10.6. The third kappa shape index (κ3) is 5.09. The van der Waals surface area contributed by atoms with Gasteiger partial charge in [0.15, 0.2) is 0 Å². The molecule has 0 radical (unpaired) electrons. The molecular weight excluding hydrogens is 256 g/mol. The van der Waals surface area contributed by atoms with Crippen LogP contribution in [0.2, 0.25) is 0 Å². The number of carbonyl (C=O) groups excluding carboxylic acids is 1. The Morgan fingerprint density at radius 1 is 1.20 bits per heavy atom. The summed E-state index contributed by atoms with van der Waals surface area (Å²) in [6, 6.07) is 4.94. The quantitative estimate of drug-likeness (QED) is 0.584. The van der Waals surface area contributed by atoms with Gasteiger partial charge in [-0.05, 0) is 32.1 Å². The van der Waals surface area contributed by atoms with E-state index in [1.807, 2.05) is 6.92 Å². The van der Waals surface area contributed by atoms with Crippen molar-refractivity contribution in [3.63, 3.8) is 0 Å². The van der Waals surface area contributed by atoms with E-state index in [1.54, 1.807) is 18.2 Å². The molecule has 0 aromatic heterocycles. The maximum atomic E-state index is 12.0. The minimum absolute atomic E-state index is 0.370. The fourth-order valence-corrected chi connectivity index (χ4v) is 1.88. The first-order chi connectivity index (χ1) is 9.60. The zero-order valence-electron chi connectivity index (χ0n) is 12.5. The van der Waals surface area contributed by atoms with E-state index in [2.05, 4.69) is 18.7 Å². The van der Waals surface area contributed by atoms with E-state index in [0.717, 1.165) is 19.6 Å². The molecule has 1 rings (SSSR count). The predicted octanol–water partition coefficient (Wildman–Crippen LogP) is 2.17. The molecule has 0 amide bonds. The summed E-state index contributed by atoms with van der Waals surface area (Å²) in [6.45, 7) is 9.57. The monoisotopic (exact) mass is 280 g/mol. The summed E-state index contributed by atoms with van der Waals surface area (Å²) < 4.78 is 10.6. The van der Waals surface area contributed by atoms with Crippen molar-refractivity contribution in [1.29, 1.82) is 0 Å². The molecule has 0 aliphatic rings. The van der Waals surface area contributed by atoms with Gasteiger partial charge in [-0.1, -0.05) is 13.8 Å². The van der Waals surface area contributed by atoms with Gasteiger partial charge < -0.3 is 20.1 Å². The van der Waals surface area contributed by atoms with E-state index < -0.39 is 0 Å². The second-order valence-corrected chi connectivity index (χ2v) is 4.39. The van der Waals surface area contributed by atoms with Gasteiger partial charge in [0, 0.05) is 18.3 Å². The van der Waals surface area contributed by atoms with Crippen molar-refractivity contribution in [3.8, 4) is 5.75 Å². The molecule has 2 N–H and O–H groups in total. The van der Waals surface area contributed by atoms with Crippen LogP contribution < -0.4 is 10.5 Å². The van der Waals surface area contributed by atoms with Crippen molar-refractivity contribution in [3.05, 3.63) is 23.8 Å². The standard InChI is InChI=1S/C15H24N2O3/c1-4-17(5-2)7-8-20-15(18)12-9-13(16)11-14(10-12)19-6-3/h9-11H,4-8,16H2,1-3H3. The molecule has 112 valence electrons. The molecule has 0 unspecified atom stereocenters. The van der Waals surface area contributed by atoms with Gasteiger partial charge in [0.1, 0.15) is 12.4 Å². The molecule has 0 heterocycles. The molecule has 0 saturated heterocycles. The number of likely N-dealkylation sites (N-methyl/N-ethyl adjacent to an activating group) is 1. The van der Waals surface area contributed by atoms with E-state index >= 15 is 0 Å². The Morgan fingerprint density at radius 2 is 1.90 bits per heavy atom. The van der Waals surface area contributed by atoms with Crippen LogP contribution in [0.25, 0.3) is 0 Å². The van der Waals surface area contributed by atoms with E-state index in [4.69, 9.17) is 15.2 Å². The van der Waals surface area contributed by atoms with Crippen molar-refractivity contribution >= 4 is 11.7 Å². The smallest absolute Gasteiger partial charge is 0.338 e. The highest BCUT2D eigenvalue weighted by atomic mass is 16.5. The Labute approximate surface area is 120 Å². The van der Waals surface area contributed by atoms with Gasteiger partial charge in [-0.25, -0.2) is 4.79 Å². The van der Waals surface area contributed by atoms with Gasteiger partial charge in [0.05, 0.1) is 12.2 Å². The molecule has 1 aromatic carbocycles. The molecule has 0 atom stereocenters. The van der Waals surface area contributed by atoms with E-state index in [1.165, 1.54) is 0 Å². The average Bonchev–Trinajstić information content (AvgIpc) is 2.43. The molecule has 0 aliphatic heterocycles. The van der Waals surface area contributed by atoms with Crippen molar-refractivity contribution in [2.75, 3.05) is 38.6 Å². The number of benzene rings is 1. The van der Waals surface area contributed by atoms with Crippen LogP contribution in [-0.4, -0.2) is 43.7 Å². The molecule has 20 heavy (non-hydrogen) atoms. The van der Waals surface area contributed by atoms with E-state index in [0.29, 0.717) is 30.2 Å². The molecule has 0 bridgehead atoms. The zero-order valence-corrected chi connectivity index (χ0v) is 12.5. The first-order valence-corrected chi connectivity index (χ1v) is 7.03. The van der Waals surface area contributed by atoms with Crippen LogP contribution >= 0.6 is 0 Å². The molecule has 0 aliphatic carbocycles. The van der Waals surface area contributed by atoms with Crippen molar-refractivity contribution in [1.82, 2.24) is 4.90 Å². The fourth-order valence-electron chi connectivity index (χ4n) is 1.88. The molecule has 5 nitrogen and oxygen atoms in total. The molecule has 0 fully saturated rings. The summed E-state index contributed by atoms with van der Waals surface area (Å²) in [5.41, 5.74) is 6.67. The van der Waals surface area contributed by atoms with Crippen LogP contribution in [0, 0.1) is 0 Å². The number of hydrogen-bond acceptors (Lipinski definition) is 5. The molecular formula is C15H24N2O3. The van der Waals surface area contributed by atoms with Crippen LogP contribution in [0.3, 0.4) is 0 Å². The summed E-state index contributed by atoms with van der Waals surface area (Å²) in [6.07, 6.45) is 0. The Morgan fingerprint density at radius 3 is 2.50 bits per heavy atom. The highest BCUT2D eigenvalue weighted by Crippen LogP contribution is 2.19. The lowest BCUT2D eigenvalue weighted by Crippen LogP contribution is -2.27. The van der Waals surface area contributed by atoms with E-state index in [9.17, 15) is 4.79 Å². The molecule has 5 heteroatoms. The maximum Gasteiger partial charge on any atom is 0.338 e. The highest BCUT2D eigenvalue weighted by molar-refractivity contribution is 5.91. The van der Waals surface area contributed by atoms with E-state index in [-0.39, 0.29) is 5.97 Å². The SMILES string of the molecule is CCOc1cc(N)cc(C(=O)OCCN(CC)CC)c1. The number of ether oxygens (including phenoxy) is 2. The number of esters is 1. The summed E-state index contributed by atoms with van der Waals surface area (Å²) in [5, 5.41) is 0. The highest BCUT2D eigenvalue weighted by Gasteiger charge is 2.10. The van der Waals surface area contributed by atoms with Gasteiger partial charge in [-0.3, -0.25) is 0 Å². The summed E-state index contributed by atoms with van der Waals surface area (Å²) >= 11 is 0. The number of rotatable bonds is 8.